The molecule has 0 aliphatic carbocycles. The highest BCUT2D eigenvalue weighted by molar-refractivity contribution is 5.66. The number of carbonyl (C=O) groups is 1. The van der Waals surface area contributed by atoms with E-state index in [9.17, 15) is 4.79 Å². The lowest BCUT2D eigenvalue weighted by Crippen LogP contribution is -2.21. The van der Waals surface area contributed by atoms with Crippen molar-refractivity contribution >= 4 is 6.09 Å². The van der Waals surface area contributed by atoms with Crippen LogP contribution in [-0.2, 0) is 4.74 Å². The Balaban J connectivity index is 3.35. The van der Waals surface area contributed by atoms with Gasteiger partial charge in [-0.1, -0.05) is 20.8 Å². The Bertz CT molecular complexity index is 127. The summed E-state index contributed by atoms with van der Waals surface area (Å²) in [5, 5.41) is 2.39. The summed E-state index contributed by atoms with van der Waals surface area (Å²) in [5.74, 6) is 0. The Morgan fingerprint density at radius 3 is 2.36 bits per heavy atom. The first-order valence-electron chi connectivity index (χ1n) is 3.80. The molecule has 1 N–H and O–H groups in total. The number of nitrogens with one attached hydrogen (secondary N) is 1. The van der Waals surface area contributed by atoms with Gasteiger partial charge in [0.25, 0.3) is 0 Å². The minimum Gasteiger partial charge on any atom is -0.450 e. The van der Waals surface area contributed by atoms with Crippen LogP contribution in [0.4, 0.5) is 4.79 Å². The Morgan fingerprint density at radius 2 is 2.00 bits per heavy atom. The molecule has 0 rings (SSSR count). The first-order chi connectivity index (χ1) is 4.95. The van der Waals surface area contributed by atoms with Crippen LogP contribution in [0, 0.1) is 5.41 Å². The van der Waals surface area contributed by atoms with Crippen molar-refractivity contribution < 1.29 is 9.53 Å². The molecule has 0 heterocycles. The number of hydrogen-bond acceptors (Lipinski definition) is 2. The van der Waals surface area contributed by atoms with E-state index in [1.807, 2.05) is 0 Å². The van der Waals surface area contributed by atoms with Crippen LogP contribution in [0.3, 0.4) is 0 Å². The van der Waals surface area contributed by atoms with Gasteiger partial charge in [-0.05, 0) is 11.8 Å². The van der Waals surface area contributed by atoms with Gasteiger partial charge in [-0.15, -0.1) is 0 Å². The van der Waals surface area contributed by atoms with Crippen molar-refractivity contribution in [1.82, 2.24) is 5.32 Å². The zero-order valence-electron chi connectivity index (χ0n) is 7.73. The van der Waals surface area contributed by atoms with Gasteiger partial charge in [-0.3, -0.25) is 0 Å². The average Bonchev–Trinajstić information content (AvgIpc) is 1.85. The largest absolute Gasteiger partial charge is 0.450 e. The molecule has 1 amide bonds. The molecule has 0 saturated heterocycles. The third kappa shape index (κ3) is 7.16. The van der Waals surface area contributed by atoms with Crippen LogP contribution in [0.2, 0.25) is 0 Å². The smallest absolute Gasteiger partial charge is 0.406 e. The maximum Gasteiger partial charge on any atom is 0.406 e. The van der Waals surface area contributed by atoms with E-state index in [2.05, 4.69) is 26.1 Å². The van der Waals surface area contributed by atoms with Crippen molar-refractivity contribution in [3.05, 3.63) is 0 Å². The maximum atomic E-state index is 10.6. The summed E-state index contributed by atoms with van der Waals surface area (Å²) in [5.41, 5.74) is 0.230. The molecular formula is C8H17NO2. The molecule has 11 heavy (non-hydrogen) atoms. The van der Waals surface area contributed by atoms with Crippen molar-refractivity contribution in [2.75, 3.05) is 13.7 Å². The van der Waals surface area contributed by atoms with Gasteiger partial charge in [-0.2, -0.15) is 0 Å². The minimum absolute atomic E-state index is 0.230. The number of carbonyl (C=O) groups excluding carboxylic acids is 1. The van der Waals surface area contributed by atoms with Crippen molar-refractivity contribution in [3.63, 3.8) is 0 Å². The third-order valence-electron chi connectivity index (χ3n) is 1.29. The summed E-state index contributed by atoms with van der Waals surface area (Å²) in [6, 6.07) is 0. The molecule has 0 bridgehead atoms. The Kier molecular flexibility index (Phi) is 3.93. The molecular weight excluding hydrogens is 142 g/mol. The summed E-state index contributed by atoms with van der Waals surface area (Å²) in [4.78, 5) is 10.6. The fourth-order valence-electron chi connectivity index (χ4n) is 0.522. The standard InChI is InChI=1S/C8H17NO2/c1-8(2,3)5-6-11-7(10)9-4/h5-6H2,1-4H3,(H,9,10). The van der Waals surface area contributed by atoms with E-state index in [1.54, 1.807) is 7.05 Å². The first-order valence-corrected chi connectivity index (χ1v) is 3.80. The molecule has 0 aromatic heterocycles. The van der Waals surface area contributed by atoms with Crippen molar-refractivity contribution in [3.8, 4) is 0 Å². The third-order valence-corrected chi connectivity index (χ3v) is 1.29. The van der Waals surface area contributed by atoms with E-state index in [-0.39, 0.29) is 11.5 Å². The first kappa shape index (κ1) is 10.3. The molecule has 0 aromatic rings. The van der Waals surface area contributed by atoms with Gasteiger partial charge in [0.05, 0.1) is 6.61 Å². The number of ether oxygens (including phenoxy) is 1. The van der Waals surface area contributed by atoms with Gasteiger partial charge >= 0.3 is 6.09 Å². The Hall–Kier alpha value is -0.730. The second kappa shape index (κ2) is 4.21. The summed E-state index contributed by atoms with van der Waals surface area (Å²) in [6.45, 7) is 6.82. The molecule has 66 valence electrons. The van der Waals surface area contributed by atoms with E-state index in [0.29, 0.717) is 6.61 Å². The van der Waals surface area contributed by atoms with E-state index < -0.39 is 0 Å². The van der Waals surface area contributed by atoms with Crippen molar-refractivity contribution in [2.24, 2.45) is 5.41 Å². The van der Waals surface area contributed by atoms with Gasteiger partial charge in [-0.25, -0.2) is 4.79 Å². The normalized spacial score (nSPS) is 10.9. The molecule has 0 atom stereocenters. The highest BCUT2D eigenvalue weighted by atomic mass is 16.5. The summed E-state index contributed by atoms with van der Waals surface area (Å²) >= 11 is 0. The molecule has 3 heteroatoms. The predicted octanol–water partition coefficient (Wildman–Crippen LogP) is 1.78. The van der Waals surface area contributed by atoms with Crippen LogP contribution < -0.4 is 5.32 Å². The topological polar surface area (TPSA) is 38.3 Å². The van der Waals surface area contributed by atoms with Crippen LogP contribution in [0.25, 0.3) is 0 Å². The SMILES string of the molecule is CNC(=O)OCCC(C)(C)C. The molecule has 0 radical (unpaired) electrons. The van der Waals surface area contributed by atoms with Crippen LogP contribution in [-0.4, -0.2) is 19.7 Å². The van der Waals surface area contributed by atoms with Crippen LogP contribution >= 0.6 is 0 Å². The maximum absolute atomic E-state index is 10.6. The zero-order valence-corrected chi connectivity index (χ0v) is 7.73. The number of rotatable bonds is 2. The van der Waals surface area contributed by atoms with Crippen molar-refractivity contribution in [1.29, 1.82) is 0 Å². The Labute approximate surface area is 68.1 Å². The van der Waals surface area contributed by atoms with E-state index >= 15 is 0 Å². The number of hydrogen-bond donors (Lipinski definition) is 1. The van der Waals surface area contributed by atoms with Gasteiger partial charge in [0.2, 0.25) is 0 Å². The lowest BCUT2D eigenvalue weighted by atomic mass is 9.93. The van der Waals surface area contributed by atoms with Gasteiger partial charge < -0.3 is 10.1 Å². The molecule has 0 unspecified atom stereocenters. The van der Waals surface area contributed by atoms with Crippen LogP contribution in [0.1, 0.15) is 27.2 Å². The second-order valence-corrected chi connectivity index (χ2v) is 3.70. The molecule has 0 aromatic carbocycles. The van der Waals surface area contributed by atoms with E-state index in [0.717, 1.165) is 6.42 Å². The number of alkyl carbamates (subject to hydrolysis) is 1. The molecule has 0 aliphatic heterocycles. The van der Waals surface area contributed by atoms with E-state index in [4.69, 9.17) is 4.74 Å². The van der Waals surface area contributed by atoms with Crippen LogP contribution in [0.15, 0.2) is 0 Å². The fourth-order valence-corrected chi connectivity index (χ4v) is 0.522. The van der Waals surface area contributed by atoms with E-state index in [1.165, 1.54) is 0 Å². The molecule has 0 spiro atoms. The second-order valence-electron chi connectivity index (χ2n) is 3.70. The van der Waals surface area contributed by atoms with Crippen molar-refractivity contribution in [2.45, 2.75) is 27.2 Å². The van der Waals surface area contributed by atoms with Gasteiger partial charge in [0.1, 0.15) is 0 Å². The summed E-state index contributed by atoms with van der Waals surface area (Å²) in [6.07, 6.45) is 0.537. The lowest BCUT2D eigenvalue weighted by Gasteiger charge is -2.17. The molecule has 0 saturated carbocycles. The molecule has 0 aliphatic rings. The fraction of sp³-hybridized carbons (Fsp3) is 0.875. The average molecular weight is 159 g/mol. The van der Waals surface area contributed by atoms with Crippen LogP contribution in [0.5, 0.6) is 0 Å². The molecule has 0 fully saturated rings. The molecule has 3 nitrogen and oxygen atoms in total. The predicted molar refractivity (Wildman–Crippen MR) is 44.5 cm³/mol. The monoisotopic (exact) mass is 159 g/mol. The lowest BCUT2D eigenvalue weighted by molar-refractivity contribution is 0.133. The summed E-state index contributed by atoms with van der Waals surface area (Å²) < 4.78 is 4.82. The summed E-state index contributed by atoms with van der Waals surface area (Å²) in [7, 11) is 1.55. The highest BCUT2D eigenvalue weighted by Gasteiger charge is 2.10. The van der Waals surface area contributed by atoms with Gasteiger partial charge in [0.15, 0.2) is 0 Å². The number of amides is 1. The van der Waals surface area contributed by atoms with Gasteiger partial charge in [0, 0.05) is 7.05 Å². The zero-order chi connectivity index (χ0) is 8.91. The Morgan fingerprint density at radius 1 is 1.45 bits per heavy atom. The highest BCUT2D eigenvalue weighted by Crippen LogP contribution is 2.17. The minimum atomic E-state index is -0.353. The quantitative estimate of drug-likeness (QED) is 0.667.